The Morgan fingerprint density at radius 2 is 0.783 bits per heavy atom. The number of hydrogen-bond donors (Lipinski definition) is 0. The van der Waals surface area contributed by atoms with Gasteiger partial charge in [-0.05, 0) is 28.7 Å². The molecule has 0 saturated heterocycles. The van der Waals surface area contributed by atoms with Gasteiger partial charge < -0.3 is 0 Å². The van der Waals surface area contributed by atoms with Gasteiger partial charge >= 0.3 is 99.1 Å². The van der Waals surface area contributed by atoms with E-state index in [0.717, 1.165) is 6.42 Å². The second-order valence-electron chi connectivity index (χ2n) is 4.35. The van der Waals surface area contributed by atoms with Crippen LogP contribution in [0, 0.1) is 0 Å². The van der Waals surface area contributed by atoms with Gasteiger partial charge in [0.25, 0.3) is 0 Å². The summed E-state index contributed by atoms with van der Waals surface area (Å²) in [5, 5.41) is 0. The first kappa shape index (κ1) is 23.6. The molecular formula is C13H10Cl8Zr2. The van der Waals surface area contributed by atoms with Gasteiger partial charge in [0.1, 0.15) is 0 Å². The van der Waals surface area contributed by atoms with Crippen LogP contribution in [0.15, 0.2) is 48.5 Å². The zero-order chi connectivity index (χ0) is 17.7. The van der Waals surface area contributed by atoms with Crippen molar-refractivity contribution in [3.8, 4) is 11.1 Å². The fraction of sp³-hybridized carbons (Fsp3) is 0.0769. The van der Waals surface area contributed by atoms with Crippen molar-refractivity contribution in [2.45, 2.75) is 6.42 Å². The van der Waals surface area contributed by atoms with Crippen molar-refractivity contribution in [3.05, 3.63) is 59.7 Å². The third-order valence-electron chi connectivity index (χ3n) is 2.71. The first-order valence-electron chi connectivity index (χ1n) is 6.12. The summed E-state index contributed by atoms with van der Waals surface area (Å²) in [6, 6.07) is 17.3. The molecule has 0 heterocycles. The molecule has 126 valence electrons. The van der Waals surface area contributed by atoms with Crippen LogP contribution in [-0.2, 0) is 37.4 Å². The number of halogens is 8. The summed E-state index contributed by atoms with van der Waals surface area (Å²) in [6.45, 7) is 0. The first-order chi connectivity index (χ1) is 10.4. The van der Waals surface area contributed by atoms with Gasteiger partial charge in [0.2, 0.25) is 0 Å². The van der Waals surface area contributed by atoms with E-state index in [-0.39, 0.29) is 0 Å². The van der Waals surface area contributed by atoms with E-state index in [4.69, 9.17) is 68.1 Å². The van der Waals surface area contributed by atoms with Gasteiger partial charge in [-0.25, -0.2) is 0 Å². The third-order valence-corrected chi connectivity index (χ3v) is 2.71. The Hall–Kier alpha value is 2.53. The topological polar surface area (TPSA) is 0 Å². The maximum Gasteiger partial charge on any atom is -0.00135 e. The van der Waals surface area contributed by atoms with E-state index in [1.54, 1.807) is 0 Å². The van der Waals surface area contributed by atoms with E-state index in [2.05, 4.69) is 48.5 Å². The molecule has 0 fully saturated rings. The van der Waals surface area contributed by atoms with Crippen LogP contribution in [0.4, 0.5) is 0 Å². The molecule has 0 amide bonds. The summed E-state index contributed by atoms with van der Waals surface area (Å²) in [5.74, 6) is 0. The predicted octanol–water partition coefficient (Wildman–Crippen LogP) is 8.77. The minimum Gasteiger partial charge on any atom is -0.0619 e. The fourth-order valence-electron chi connectivity index (χ4n) is 2.08. The van der Waals surface area contributed by atoms with E-state index in [0.29, 0.717) is 0 Å². The quantitative estimate of drug-likeness (QED) is 0.233. The van der Waals surface area contributed by atoms with Crippen LogP contribution in [0.25, 0.3) is 11.1 Å². The number of rotatable bonds is 0. The van der Waals surface area contributed by atoms with E-state index < -0.39 is 31.0 Å². The zero-order valence-electron chi connectivity index (χ0n) is 11.3. The van der Waals surface area contributed by atoms with Crippen molar-refractivity contribution in [2.24, 2.45) is 0 Å². The maximum atomic E-state index is 5.04. The molecule has 0 aliphatic heterocycles. The van der Waals surface area contributed by atoms with Crippen LogP contribution in [-0.4, -0.2) is 0 Å². The molecular weight excluding hydrogens is 622 g/mol. The van der Waals surface area contributed by atoms with Gasteiger partial charge in [0.15, 0.2) is 0 Å². The summed E-state index contributed by atoms with van der Waals surface area (Å²) in [7, 11) is 40.3. The Morgan fingerprint density at radius 3 is 1.09 bits per heavy atom. The van der Waals surface area contributed by atoms with Crippen LogP contribution >= 0.6 is 68.1 Å². The van der Waals surface area contributed by atoms with Crippen molar-refractivity contribution in [1.29, 1.82) is 0 Å². The Balaban J connectivity index is 0.000000224. The molecule has 0 aromatic heterocycles. The second-order valence-corrected chi connectivity index (χ2v) is 49.1. The third kappa shape index (κ3) is 11.8. The van der Waals surface area contributed by atoms with E-state index >= 15 is 0 Å². The number of benzene rings is 2. The van der Waals surface area contributed by atoms with Crippen LogP contribution in [0.3, 0.4) is 0 Å². The molecule has 23 heavy (non-hydrogen) atoms. The van der Waals surface area contributed by atoms with Gasteiger partial charge in [-0.3, -0.25) is 0 Å². The minimum atomic E-state index is -3.29. The summed E-state index contributed by atoms with van der Waals surface area (Å²) in [4.78, 5) is 0. The summed E-state index contributed by atoms with van der Waals surface area (Å²) < 4.78 is 0. The predicted molar refractivity (Wildman–Crippen MR) is 102 cm³/mol. The van der Waals surface area contributed by atoms with E-state index in [1.165, 1.54) is 22.3 Å². The van der Waals surface area contributed by atoms with Crippen LogP contribution < -0.4 is 0 Å². The Morgan fingerprint density at radius 1 is 0.522 bits per heavy atom. The van der Waals surface area contributed by atoms with Crippen LogP contribution in [0.1, 0.15) is 11.1 Å². The first-order valence-corrected chi connectivity index (χ1v) is 31.4. The summed E-state index contributed by atoms with van der Waals surface area (Å²) >= 11 is -6.58. The van der Waals surface area contributed by atoms with E-state index in [9.17, 15) is 0 Å². The molecule has 1 aliphatic rings. The fourth-order valence-corrected chi connectivity index (χ4v) is 2.08. The smallest absolute Gasteiger partial charge is 0.00135 e. The molecule has 10 heteroatoms. The molecule has 2 aromatic carbocycles. The SMILES string of the molecule is [Cl][Zr]([Cl])([Cl])[Cl].[Cl][Zr]([Cl])([Cl])[Cl].c1ccc2c(c1)Cc1ccccc1-2. The van der Waals surface area contributed by atoms with Crippen molar-refractivity contribution in [2.75, 3.05) is 0 Å². The standard InChI is InChI=1S/C13H10.8ClH.2Zr/c1-3-7-12-10(5-1)9-11-6-2-4-8-13(11)12;;;;;;;;;;/h1-8H,9H2;8*1H;;/q;;;;;;;;;2*+4/p-8. The van der Waals surface area contributed by atoms with Crippen LogP contribution in [0.2, 0.25) is 0 Å². The summed E-state index contributed by atoms with van der Waals surface area (Å²) in [5.41, 5.74) is 5.75. The van der Waals surface area contributed by atoms with E-state index in [1.807, 2.05) is 0 Å². The zero-order valence-corrected chi connectivity index (χ0v) is 22.3. The van der Waals surface area contributed by atoms with Gasteiger partial charge in [-0.2, -0.15) is 0 Å². The summed E-state index contributed by atoms with van der Waals surface area (Å²) in [6.07, 6.45) is 1.10. The Labute approximate surface area is 173 Å². The Bertz CT molecular complexity index is 569. The van der Waals surface area contributed by atoms with Gasteiger partial charge in [0, 0.05) is 0 Å². The number of hydrogen-bond acceptors (Lipinski definition) is 0. The molecule has 1 aliphatic carbocycles. The maximum absolute atomic E-state index is 5.04. The largest absolute Gasteiger partial charge is 0.0619 e. The van der Waals surface area contributed by atoms with Crippen molar-refractivity contribution < 1.29 is 31.0 Å². The second kappa shape index (κ2) is 10.8. The van der Waals surface area contributed by atoms with Gasteiger partial charge in [-0.1, -0.05) is 48.5 Å². The molecule has 2 aromatic rings. The molecule has 0 N–H and O–H groups in total. The van der Waals surface area contributed by atoms with Gasteiger partial charge in [-0.15, -0.1) is 0 Å². The van der Waals surface area contributed by atoms with Crippen molar-refractivity contribution in [3.63, 3.8) is 0 Å². The van der Waals surface area contributed by atoms with Gasteiger partial charge in [0.05, 0.1) is 0 Å². The average Bonchev–Trinajstić information content (AvgIpc) is 2.73. The van der Waals surface area contributed by atoms with Crippen LogP contribution in [0.5, 0.6) is 0 Å². The minimum absolute atomic E-state index is 1.10. The molecule has 0 nitrogen and oxygen atoms in total. The Kier molecular flexibility index (Phi) is 11.0. The average molecular weight is 632 g/mol. The molecule has 0 saturated carbocycles. The molecule has 0 bridgehead atoms. The molecule has 0 unspecified atom stereocenters. The monoisotopic (exact) mass is 626 g/mol. The number of fused-ring (bicyclic) bond motifs is 3. The molecule has 0 spiro atoms. The van der Waals surface area contributed by atoms with Crippen molar-refractivity contribution in [1.82, 2.24) is 0 Å². The molecule has 0 radical (unpaired) electrons. The van der Waals surface area contributed by atoms with Crippen molar-refractivity contribution >= 4 is 68.1 Å². The molecule has 0 atom stereocenters. The normalized spacial score (nSPS) is 12.2. The molecule has 3 rings (SSSR count).